The van der Waals surface area contributed by atoms with Gasteiger partial charge in [-0.15, -0.1) is 0 Å². The molecule has 4 unspecified atom stereocenters. The summed E-state index contributed by atoms with van der Waals surface area (Å²) in [7, 11) is 0. The Kier molecular flexibility index (Phi) is 8.76. The molecule has 4 atom stereocenters. The van der Waals surface area contributed by atoms with Crippen LogP contribution < -0.4 is 11.5 Å². The van der Waals surface area contributed by atoms with Crippen LogP contribution in [-0.2, 0) is 29.5 Å². The second-order valence-electron chi connectivity index (χ2n) is 8.28. The van der Waals surface area contributed by atoms with E-state index in [0.717, 1.165) is 12.1 Å². The lowest BCUT2D eigenvalue weighted by molar-refractivity contribution is -0.186. The van der Waals surface area contributed by atoms with E-state index in [2.05, 4.69) is 0 Å². The third-order valence-electron chi connectivity index (χ3n) is 5.76. The van der Waals surface area contributed by atoms with Crippen LogP contribution in [0.2, 0.25) is 0 Å². The maximum absolute atomic E-state index is 13.0. The second-order valence-corrected chi connectivity index (χ2v) is 8.28. The van der Waals surface area contributed by atoms with Crippen LogP contribution in [0.25, 0.3) is 0 Å². The van der Waals surface area contributed by atoms with Crippen molar-refractivity contribution in [3.8, 4) is 0 Å². The number of hydrogen-bond acceptors (Lipinski definition) is 9. The lowest BCUT2D eigenvalue weighted by atomic mass is 9.86. The number of carboxylic acids is 2. The zero-order valence-corrected chi connectivity index (χ0v) is 20.2. The Morgan fingerprint density at radius 2 is 1.23 bits per heavy atom. The Balaban J connectivity index is 2.15. The molecule has 0 heterocycles. The van der Waals surface area contributed by atoms with E-state index in [-0.39, 0.29) is 16.7 Å². The number of hydrogen-bond donors (Lipinski definition) is 5. The molecule has 3 aromatic rings. The predicted octanol–water partition coefficient (Wildman–Crippen LogP) is 0.980. The smallest absolute Gasteiger partial charge is 0.357 e. The summed E-state index contributed by atoms with van der Waals surface area (Å²) < 4.78 is 10.5. The van der Waals surface area contributed by atoms with Crippen LogP contribution in [0.3, 0.4) is 0 Å². The number of ether oxygens (including phenoxy) is 2. The topological polar surface area (TPSA) is 217 Å². The molecule has 202 valence electrons. The van der Waals surface area contributed by atoms with Crippen LogP contribution >= 0.6 is 0 Å². The third kappa shape index (κ3) is 6.09. The first-order chi connectivity index (χ1) is 18.5. The van der Waals surface area contributed by atoms with Gasteiger partial charge in [-0.1, -0.05) is 60.7 Å². The molecule has 0 bridgehead atoms. The number of aliphatic hydroxyl groups is 1. The maximum Gasteiger partial charge on any atom is 0.357 e. The van der Waals surface area contributed by atoms with E-state index in [0.29, 0.717) is 0 Å². The molecular formula is C27H24N2O10. The number of carboxylic acid groups (broad SMARTS) is 2. The highest BCUT2D eigenvalue weighted by atomic mass is 16.6. The molecule has 0 aromatic heterocycles. The Morgan fingerprint density at radius 1 is 0.744 bits per heavy atom. The molecule has 0 aliphatic carbocycles. The van der Waals surface area contributed by atoms with Crippen molar-refractivity contribution in [2.24, 2.45) is 11.5 Å². The molecule has 3 rings (SSSR count). The molecule has 0 saturated heterocycles. The second kappa shape index (κ2) is 12.0. The summed E-state index contributed by atoms with van der Waals surface area (Å²) in [6.45, 7) is 0. The normalized spacial score (nSPS) is 14.6. The summed E-state index contributed by atoms with van der Waals surface area (Å²) in [5.74, 6) is -7.40. The van der Waals surface area contributed by atoms with Gasteiger partial charge in [0, 0.05) is 5.56 Å². The molecule has 0 radical (unpaired) electrons. The van der Waals surface area contributed by atoms with Gasteiger partial charge in [-0.25, -0.2) is 19.2 Å². The Bertz CT molecular complexity index is 1360. The van der Waals surface area contributed by atoms with Crippen LogP contribution in [0.4, 0.5) is 0 Å². The van der Waals surface area contributed by atoms with Crippen LogP contribution in [0.15, 0.2) is 84.9 Å². The van der Waals surface area contributed by atoms with Gasteiger partial charge in [-0.2, -0.15) is 0 Å². The number of rotatable bonds is 11. The van der Waals surface area contributed by atoms with Gasteiger partial charge in [0.05, 0.1) is 17.2 Å². The largest absolute Gasteiger partial charge is 0.478 e. The van der Waals surface area contributed by atoms with E-state index in [1.807, 2.05) is 0 Å². The lowest BCUT2D eigenvalue weighted by Gasteiger charge is -2.34. The highest BCUT2D eigenvalue weighted by molar-refractivity contribution is 5.97. The van der Waals surface area contributed by atoms with Gasteiger partial charge in [0.15, 0.2) is 6.10 Å². The van der Waals surface area contributed by atoms with E-state index in [4.69, 9.17) is 20.9 Å². The SMILES string of the molecule is NC(=O)C(O)C(N)c1ccc(C(OC(=O)c2ccccc2)(C(=O)O)C(OC(=O)c2ccccc2)C(=O)O)cc1. The van der Waals surface area contributed by atoms with E-state index < -0.39 is 59.2 Å². The van der Waals surface area contributed by atoms with Crippen molar-refractivity contribution in [2.75, 3.05) is 0 Å². The Morgan fingerprint density at radius 3 is 1.67 bits per heavy atom. The molecule has 3 aromatic carbocycles. The highest BCUT2D eigenvalue weighted by Gasteiger charge is 2.58. The minimum atomic E-state index is -3.09. The van der Waals surface area contributed by atoms with Crippen LogP contribution in [-0.4, -0.2) is 57.3 Å². The van der Waals surface area contributed by atoms with Crippen molar-refractivity contribution in [1.82, 2.24) is 0 Å². The number of primary amides is 1. The Hall–Kier alpha value is -5.07. The van der Waals surface area contributed by atoms with Crippen molar-refractivity contribution in [2.45, 2.75) is 23.9 Å². The van der Waals surface area contributed by atoms with E-state index in [1.165, 1.54) is 60.7 Å². The maximum atomic E-state index is 13.0. The summed E-state index contributed by atoms with van der Waals surface area (Å²) >= 11 is 0. The van der Waals surface area contributed by atoms with Crippen LogP contribution in [0.1, 0.15) is 37.9 Å². The molecule has 0 saturated carbocycles. The highest BCUT2D eigenvalue weighted by Crippen LogP contribution is 2.35. The first-order valence-corrected chi connectivity index (χ1v) is 11.3. The molecule has 0 spiro atoms. The number of aliphatic carboxylic acids is 2. The zero-order chi connectivity index (χ0) is 28.7. The molecule has 0 aliphatic rings. The Labute approximate surface area is 221 Å². The molecule has 7 N–H and O–H groups in total. The average Bonchev–Trinajstić information content (AvgIpc) is 2.94. The van der Waals surface area contributed by atoms with E-state index >= 15 is 0 Å². The van der Waals surface area contributed by atoms with Gasteiger partial charge in [-0.05, 0) is 29.8 Å². The average molecular weight is 536 g/mol. The van der Waals surface area contributed by atoms with Gasteiger partial charge in [-0.3, -0.25) is 4.79 Å². The van der Waals surface area contributed by atoms with Crippen LogP contribution in [0.5, 0.6) is 0 Å². The summed E-state index contributed by atoms with van der Waals surface area (Å²) in [4.78, 5) is 62.4. The minimum absolute atomic E-state index is 0.0841. The van der Waals surface area contributed by atoms with Crippen molar-refractivity contribution >= 4 is 29.8 Å². The quantitative estimate of drug-likeness (QED) is 0.218. The van der Waals surface area contributed by atoms with Gasteiger partial charge in [0.1, 0.15) is 0 Å². The zero-order valence-electron chi connectivity index (χ0n) is 20.2. The minimum Gasteiger partial charge on any atom is -0.478 e. The summed E-state index contributed by atoms with van der Waals surface area (Å²) in [6.07, 6.45) is -4.35. The molecule has 39 heavy (non-hydrogen) atoms. The number of aliphatic hydroxyl groups excluding tert-OH is 1. The van der Waals surface area contributed by atoms with Gasteiger partial charge in [0.25, 0.3) is 11.7 Å². The third-order valence-corrected chi connectivity index (χ3v) is 5.76. The fourth-order valence-corrected chi connectivity index (χ4v) is 3.69. The molecule has 12 heteroatoms. The summed E-state index contributed by atoms with van der Waals surface area (Å²) in [6, 6.07) is 17.5. The number of esters is 2. The summed E-state index contributed by atoms with van der Waals surface area (Å²) in [5.41, 5.74) is 7.33. The fourth-order valence-electron chi connectivity index (χ4n) is 3.69. The number of carbonyl (C=O) groups excluding carboxylic acids is 3. The molecule has 12 nitrogen and oxygen atoms in total. The molecule has 0 fully saturated rings. The standard InChI is InChI=1S/C27H24N2O10/c28-19(20(30)22(29)31)15-11-13-18(14-12-15)27(26(36)37,39-25(35)17-9-5-2-6-10-17)21(23(32)33)38-24(34)16-7-3-1-4-8-16/h1-14,19-21,30H,28H2,(H2,29,31)(H,32,33)(H,36,37). The molecule has 0 aliphatic heterocycles. The monoisotopic (exact) mass is 536 g/mol. The number of nitrogens with two attached hydrogens (primary N) is 2. The van der Waals surface area contributed by atoms with Crippen LogP contribution in [0, 0.1) is 0 Å². The van der Waals surface area contributed by atoms with E-state index in [1.54, 1.807) is 12.1 Å². The first kappa shape index (κ1) is 28.5. The lowest BCUT2D eigenvalue weighted by Crippen LogP contribution is -2.55. The molecular weight excluding hydrogens is 512 g/mol. The van der Waals surface area contributed by atoms with Crippen molar-refractivity contribution in [3.05, 3.63) is 107 Å². The predicted molar refractivity (Wildman–Crippen MR) is 133 cm³/mol. The first-order valence-electron chi connectivity index (χ1n) is 11.3. The van der Waals surface area contributed by atoms with E-state index in [9.17, 15) is 39.3 Å². The number of carbonyl (C=O) groups is 5. The summed E-state index contributed by atoms with van der Waals surface area (Å²) in [5, 5.41) is 30.3. The van der Waals surface area contributed by atoms with Gasteiger partial charge < -0.3 is 36.3 Å². The van der Waals surface area contributed by atoms with Gasteiger partial charge in [0.2, 0.25) is 5.91 Å². The molecule has 1 amide bonds. The van der Waals surface area contributed by atoms with Crippen molar-refractivity contribution in [3.63, 3.8) is 0 Å². The number of benzene rings is 3. The van der Waals surface area contributed by atoms with Gasteiger partial charge >= 0.3 is 23.9 Å². The fraction of sp³-hybridized carbons (Fsp3) is 0.148. The van der Waals surface area contributed by atoms with Crippen molar-refractivity contribution < 1.29 is 48.8 Å². The number of amides is 1. The van der Waals surface area contributed by atoms with Crippen molar-refractivity contribution in [1.29, 1.82) is 0 Å².